The lowest BCUT2D eigenvalue weighted by Gasteiger charge is -2.18. The molecule has 0 aliphatic rings. The van der Waals surface area contributed by atoms with Gasteiger partial charge < -0.3 is 14.3 Å². The lowest BCUT2D eigenvalue weighted by molar-refractivity contribution is -0.129. The van der Waals surface area contributed by atoms with Crippen molar-refractivity contribution in [3.05, 3.63) is 40.4 Å². The second-order valence-corrected chi connectivity index (χ2v) is 5.75. The number of amides is 1. The van der Waals surface area contributed by atoms with Crippen LogP contribution >= 0.6 is 0 Å². The molecular formula is C16H18N4O3. The predicted octanol–water partition coefficient (Wildman–Crippen LogP) is 1.19. The molecule has 1 amide bonds. The Bertz CT molecular complexity index is 926. The molecule has 0 saturated heterocycles. The quantitative estimate of drug-likeness (QED) is 0.782. The summed E-state index contributed by atoms with van der Waals surface area (Å²) in [6, 6.07) is 7.40. The van der Waals surface area contributed by atoms with Crippen molar-refractivity contribution in [1.82, 2.24) is 19.8 Å². The molecule has 0 aliphatic heterocycles. The highest BCUT2D eigenvalue weighted by Crippen LogP contribution is 2.24. The van der Waals surface area contributed by atoms with E-state index in [1.165, 1.54) is 4.90 Å². The molecular weight excluding hydrogens is 296 g/mol. The molecule has 2 heterocycles. The molecule has 3 aromatic rings. The number of aromatic nitrogens is 2. The normalized spacial score (nSPS) is 11.5. The third-order valence-electron chi connectivity index (χ3n) is 3.60. The number of fused-ring (bicyclic) bond motifs is 3. The molecule has 0 radical (unpaired) electrons. The number of carbonyl (C=O) groups excluding carboxylic acids is 1. The molecule has 23 heavy (non-hydrogen) atoms. The highest BCUT2D eigenvalue weighted by atomic mass is 16.3. The summed E-state index contributed by atoms with van der Waals surface area (Å²) in [5.74, 6) is 0.493. The Kier molecular flexibility index (Phi) is 3.87. The number of rotatable bonds is 4. The minimum absolute atomic E-state index is 0.00955. The molecule has 1 N–H and O–H groups in total. The number of benzene rings is 1. The average Bonchev–Trinajstić information content (AvgIpc) is 2.86. The van der Waals surface area contributed by atoms with Crippen molar-refractivity contribution < 1.29 is 9.21 Å². The summed E-state index contributed by atoms with van der Waals surface area (Å²) < 4.78 is 5.56. The Hall–Kier alpha value is -2.67. The molecule has 0 spiro atoms. The zero-order valence-corrected chi connectivity index (χ0v) is 13.3. The van der Waals surface area contributed by atoms with E-state index in [2.05, 4.69) is 9.97 Å². The molecule has 0 atom stereocenters. The van der Waals surface area contributed by atoms with Crippen molar-refractivity contribution in [3.63, 3.8) is 0 Å². The number of carbonyl (C=O) groups is 1. The Labute approximate surface area is 132 Å². The standard InChI is InChI=1S/C16H18N4O3/c1-19(2)13(21)9-20(3)8-12-17-14-10-6-4-5-7-11(10)23-15(14)16(22)18-12/h4-7H,8-9H2,1-3H3,(H,17,18,22). The topological polar surface area (TPSA) is 82.4 Å². The maximum absolute atomic E-state index is 12.2. The van der Waals surface area contributed by atoms with Crippen molar-refractivity contribution in [3.8, 4) is 0 Å². The van der Waals surface area contributed by atoms with Gasteiger partial charge in [0.05, 0.1) is 13.1 Å². The number of nitrogens with one attached hydrogen (secondary N) is 1. The minimum Gasteiger partial charge on any atom is -0.449 e. The predicted molar refractivity (Wildman–Crippen MR) is 87.2 cm³/mol. The Morgan fingerprint density at radius 1 is 1.26 bits per heavy atom. The first-order valence-corrected chi connectivity index (χ1v) is 7.25. The molecule has 1 aromatic carbocycles. The number of aromatic amines is 1. The van der Waals surface area contributed by atoms with Crippen LogP contribution in [0.4, 0.5) is 0 Å². The molecule has 7 heteroatoms. The first kappa shape index (κ1) is 15.2. The smallest absolute Gasteiger partial charge is 0.294 e. The molecule has 2 aromatic heterocycles. The van der Waals surface area contributed by atoms with Crippen molar-refractivity contribution in [1.29, 1.82) is 0 Å². The molecule has 0 aliphatic carbocycles. The summed E-state index contributed by atoms with van der Waals surface area (Å²) in [5, 5.41) is 0.807. The number of para-hydroxylation sites is 1. The zero-order chi connectivity index (χ0) is 16.6. The monoisotopic (exact) mass is 314 g/mol. The Balaban J connectivity index is 1.94. The lowest BCUT2D eigenvalue weighted by Crippen LogP contribution is -2.34. The second kappa shape index (κ2) is 5.85. The van der Waals surface area contributed by atoms with E-state index in [0.29, 0.717) is 23.5 Å². The highest BCUT2D eigenvalue weighted by Gasteiger charge is 2.15. The van der Waals surface area contributed by atoms with E-state index in [4.69, 9.17) is 4.42 Å². The van der Waals surface area contributed by atoms with Gasteiger partial charge in [-0.2, -0.15) is 0 Å². The van der Waals surface area contributed by atoms with Gasteiger partial charge in [0.25, 0.3) is 5.56 Å². The van der Waals surface area contributed by atoms with Crippen LogP contribution in [0, 0.1) is 0 Å². The largest absolute Gasteiger partial charge is 0.449 e. The van der Waals surface area contributed by atoms with E-state index in [-0.39, 0.29) is 23.6 Å². The number of nitrogens with zero attached hydrogens (tertiary/aromatic N) is 3. The van der Waals surface area contributed by atoms with Gasteiger partial charge in [-0.25, -0.2) is 4.98 Å². The SMILES string of the molecule is CN(CC(=O)N(C)C)Cc1nc2c(oc3ccccc32)c(=O)[nH]1. The third kappa shape index (κ3) is 2.95. The number of hydrogen-bond acceptors (Lipinski definition) is 5. The van der Waals surface area contributed by atoms with E-state index in [9.17, 15) is 9.59 Å². The van der Waals surface area contributed by atoms with Gasteiger partial charge in [0.2, 0.25) is 11.5 Å². The summed E-state index contributed by atoms with van der Waals surface area (Å²) in [5.41, 5.74) is 1.09. The van der Waals surface area contributed by atoms with Gasteiger partial charge in [-0.15, -0.1) is 0 Å². The minimum atomic E-state index is -0.312. The van der Waals surface area contributed by atoms with Gasteiger partial charge in [-0.1, -0.05) is 12.1 Å². The van der Waals surface area contributed by atoms with Crippen LogP contribution in [-0.4, -0.2) is 53.4 Å². The highest BCUT2D eigenvalue weighted by molar-refractivity contribution is 6.01. The maximum atomic E-state index is 12.2. The fourth-order valence-electron chi connectivity index (χ4n) is 2.41. The molecule has 0 saturated carbocycles. The summed E-state index contributed by atoms with van der Waals surface area (Å²) in [6.07, 6.45) is 0. The van der Waals surface area contributed by atoms with E-state index >= 15 is 0 Å². The van der Waals surface area contributed by atoms with Crippen LogP contribution < -0.4 is 5.56 Å². The van der Waals surface area contributed by atoms with E-state index in [1.807, 2.05) is 18.2 Å². The molecule has 0 bridgehead atoms. The number of furan rings is 1. The van der Waals surface area contributed by atoms with Crippen LogP contribution in [0.5, 0.6) is 0 Å². The van der Waals surface area contributed by atoms with Gasteiger partial charge in [0.1, 0.15) is 16.9 Å². The van der Waals surface area contributed by atoms with Crippen LogP contribution in [0.1, 0.15) is 5.82 Å². The maximum Gasteiger partial charge on any atom is 0.294 e. The zero-order valence-electron chi connectivity index (χ0n) is 13.3. The van der Waals surface area contributed by atoms with Crippen molar-refractivity contribution in [2.45, 2.75) is 6.54 Å². The van der Waals surface area contributed by atoms with Crippen molar-refractivity contribution in [2.75, 3.05) is 27.7 Å². The van der Waals surface area contributed by atoms with E-state index < -0.39 is 0 Å². The van der Waals surface area contributed by atoms with Gasteiger partial charge >= 0.3 is 0 Å². The van der Waals surface area contributed by atoms with Crippen LogP contribution in [0.3, 0.4) is 0 Å². The van der Waals surface area contributed by atoms with Crippen LogP contribution in [-0.2, 0) is 11.3 Å². The van der Waals surface area contributed by atoms with Gasteiger partial charge in [-0.05, 0) is 19.2 Å². The fourth-order valence-corrected chi connectivity index (χ4v) is 2.41. The molecule has 3 rings (SSSR count). The Morgan fingerprint density at radius 3 is 2.74 bits per heavy atom. The lowest BCUT2D eigenvalue weighted by atomic mass is 10.2. The summed E-state index contributed by atoms with van der Waals surface area (Å²) in [6.45, 7) is 0.616. The van der Waals surface area contributed by atoms with Crippen LogP contribution in [0.2, 0.25) is 0 Å². The number of likely N-dealkylation sites (N-methyl/N-ethyl adjacent to an activating group) is 2. The van der Waals surface area contributed by atoms with Gasteiger partial charge in [0, 0.05) is 19.5 Å². The fraction of sp³-hybridized carbons (Fsp3) is 0.312. The van der Waals surface area contributed by atoms with Crippen molar-refractivity contribution >= 4 is 28.0 Å². The molecule has 120 valence electrons. The van der Waals surface area contributed by atoms with Gasteiger partial charge in [0.15, 0.2) is 0 Å². The first-order valence-electron chi connectivity index (χ1n) is 7.25. The molecule has 0 fully saturated rings. The summed E-state index contributed by atoms with van der Waals surface area (Å²) in [4.78, 5) is 34.5. The van der Waals surface area contributed by atoms with Crippen molar-refractivity contribution in [2.24, 2.45) is 0 Å². The third-order valence-corrected chi connectivity index (χ3v) is 3.60. The van der Waals surface area contributed by atoms with E-state index in [0.717, 1.165) is 5.39 Å². The van der Waals surface area contributed by atoms with Crippen LogP contribution in [0.25, 0.3) is 22.1 Å². The molecule has 0 unspecified atom stereocenters. The number of hydrogen-bond donors (Lipinski definition) is 1. The van der Waals surface area contributed by atoms with Crippen LogP contribution in [0.15, 0.2) is 33.5 Å². The first-order chi connectivity index (χ1) is 11.0. The van der Waals surface area contributed by atoms with Gasteiger partial charge in [-0.3, -0.25) is 14.5 Å². The number of H-pyrrole nitrogens is 1. The summed E-state index contributed by atoms with van der Waals surface area (Å²) >= 11 is 0. The molecule has 7 nitrogen and oxygen atoms in total. The van der Waals surface area contributed by atoms with E-state index in [1.54, 1.807) is 32.1 Å². The second-order valence-electron chi connectivity index (χ2n) is 5.75. The Morgan fingerprint density at radius 2 is 2.00 bits per heavy atom. The average molecular weight is 314 g/mol. The summed E-state index contributed by atoms with van der Waals surface area (Å²) in [7, 11) is 5.22.